The van der Waals surface area contributed by atoms with Crippen LogP contribution in [0.5, 0.6) is 0 Å². The highest BCUT2D eigenvalue weighted by Crippen LogP contribution is 2.18. The van der Waals surface area contributed by atoms with Crippen LogP contribution in [0.15, 0.2) is 59.7 Å². The first-order valence-electron chi connectivity index (χ1n) is 8.41. The van der Waals surface area contributed by atoms with Crippen molar-refractivity contribution in [1.82, 2.24) is 19.3 Å². The smallest absolute Gasteiger partial charge is 0.292 e. The number of hydrogen-bond donors (Lipinski definition) is 0. The summed E-state index contributed by atoms with van der Waals surface area (Å²) in [7, 11) is 1.54. The number of carbonyl (C=O) groups excluding carboxylic acids is 1. The molecule has 0 atom stereocenters. The summed E-state index contributed by atoms with van der Waals surface area (Å²) in [5, 5.41) is 4.70. The van der Waals surface area contributed by atoms with Gasteiger partial charge < -0.3 is 4.57 Å². The number of ketones is 1. The monoisotopic (exact) mass is 412 g/mol. The summed E-state index contributed by atoms with van der Waals surface area (Å²) in [5.74, 6) is -0.0805. The zero-order valence-electron chi connectivity index (χ0n) is 14.8. The Bertz CT molecular complexity index is 1240. The fourth-order valence-corrected chi connectivity index (χ4v) is 3.36. The molecule has 2 aromatic heterocycles. The van der Waals surface area contributed by atoms with E-state index in [1.54, 1.807) is 54.3 Å². The average molecular weight is 413 g/mol. The van der Waals surface area contributed by atoms with Crippen molar-refractivity contribution in [2.24, 2.45) is 7.05 Å². The summed E-state index contributed by atoms with van der Waals surface area (Å²) in [5.41, 5.74) is 2.56. The molecule has 0 bridgehead atoms. The molecule has 4 aromatic rings. The number of aryl methyl sites for hydroxylation is 1. The van der Waals surface area contributed by atoms with Crippen LogP contribution in [0.25, 0.3) is 11.0 Å². The summed E-state index contributed by atoms with van der Waals surface area (Å²) < 4.78 is 2.91. The largest absolute Gasteiger partial charge is 0.321 e. The first-order valence-corrected chi connectivity index (χ1v) is 9.16. The number of hydrogen-bond acceptors (Lipinski definition) is 4. The van der Waals surface area contributed by atoms with Gasteiger partial charge in [0, 0.05) is 29.7 Å². The van der Waals surface area contributed by atoms with Crippen LogP contribution in [-0.4, -0.2) is 25.1 Å². The van der Waals surface area contributed by atoms with Gasteiger partial charge in [-0.25, -0.2) is 9.67 Å². The maximum absolute atomic E-state index is 12.6. The lowest BCUT2D eigenvalue weighted by atomic mass is 10.0. The van der Waals surface area contributed by atoms with Gasteiger partial charge in [0.15, 0.2) is 10.9 Å². The molecule has 0 saturated heterocycles. The second-order valence-electron chi connectivity index (χ2n) is 6.32. The fourth-order valence-electron chi connectivity index (χ4n) is 2.98. The Morgan fingerprint density at radius 2 is 1.61 bits per heavy atom. The Morgan fingerprint density at radius 3 is 2.25 bits per heavy atom. The molecule has 2 heterocycles. The van der Waals surface area contributed by atoms with E-state index >= 15 is 0 Å². The van der Waals surface area contributed by atoms with Crippen molar-refractivity contribution in [2.75, 3.05) is 0 Å². The molecule has 0 unspecified atom stereocenters. The van der Waals surface area contributed by atoms with Crippen molar-refractivity contribution in [3.05, 3.63) is 92.1 Å². The highest BCUT2D eigenvalue weighted by Gasteiger charge is 2.14. The number of halogens is 2. The first-order chi connectivity index (χ1) is 13.4. The van der Waals surface area contributed by atoms with Gasteiger partial charge in [-0.1, -0.05) is 47.5 Å². The van der Waals surface area contributed by atoms with E-state index in [0.29, 0.717) is 33.7 Å². The minimum absolute atomic E-state index is 0.0805. The zero-order chi connectivity index (χ0) is 19.8. The summed E-state index contributed by atoms with van der Waals surface area (Å²) in [4.78, 5) is 29.2. The maximum atomic E-state index is 12.6. The molecule has 0 amide bonds. The third-order valence-corrected chi connectivity index (χ3v) is 4.95. The topological polar surface area (TPSA) is 69.8 Å². The van der Waals surface area contributed by atoms with E-state index in [9.17, 15) is 9.59 Å². The van der Waals surface area contributed by atoms with Crippen molar-refractivity contribution < 1.29 is 4.79 Å². The molecule has 0 aliphatic rings. The van der Waals surface area contributed by atoms with Gasteiger partial charge in [-0.3, -0.25) is 9.59 Å². The van der Waals surface area contributed by atoms with Crippen molar-refractivity contribution in [3.8, 4) is 0 Å². The Balaban J connectivity index is 1.62. The van der Waals surface area contributed by atoms with E-state index in [1.165, 1.54) is 4.68 Å². The summed E-state index contributed by atoms with van der Waals surface area (Å²) in [6.45, 7) is 0.418. The van der Waals surface area contributed by atoms with Crippen LogP contribution in [0, 0.1) is 0 Å². The van der Waals surface area contributed by atoms with Gasteiger partial charge >= 0.3 is 0 Å². The second-order valence-corrected chi connectivity index (χ2v) is 7.12. The predicted molar refractivity (Wildman–Crippen MR) is 108 cm³/mol. The van der Waals surface area contributed by atoms with Crippen LogP contribution < -0.4 is 5.56 Å². The quantitative estimate of drug-likeness (QED) is 0.479. The summed E-state index contributed by atoms with van der Waals surface area (Å²) in [6.07, 6.45) is 1.56. The van der Waals surface area contributed by atoms with E-state index in [0.717, 1.165) is 5.56 Å². The lowest BCUT2D eigenvalue weighted by Gasteiger charge is -2.07. The number of aromatic nitrogens is 4. The fraction of sp³-hybridized carbons (Fsp3) is 0.100. The average Bonchev–Trinajstić information content (AvgIpc) is 3.11. The third kappa shape index (κ3) is 3.32. The Morgan fingerprint density at radius 1 is 1.00 bits per heavy atom. The minimum Gasteiger partial charge on any atom is -0.321 e. The van der Waals surface area contributed by atoms with Gasteiger partial charge in [-0.2, -0.15) is 5.10 Å². The number of benzene rings is 2. The maximum Gasteiger partial charge on any atom is 0.292 e. The summed E-state index contributed by atoms with van der Waals surface area (Å²) in [6, 6.07) is 14.0. The van der Waals surface area contributed by atoms with Crippen LogP contribution in [-0.2, 0) is 13.6 Å². The highest BCUT2D eigenvalue weighted by atomic mass is 35.5. The Kier molecular flexibility index (Phi) is 4.75. The zero-order valence-corrected chi connectivity index (χ0v) is 16.3. The molecular weight excluding hydrogens is 399 g/mol. The lowest BCUT2D eigenvalue weighted by molar-refractivity contribution is 0.103. The molecule has 6 nitrogen and oxygen atoms in total. The number of nitrogens with zero attached hydrogens (tertiary/aromatic N) is 4. The molecule has 0 aliphatic carbocycles. The molecule has 0 aliphatic heterocycles. The summed E-state index contributed by atoms with van der Waals surface area (Å²) >= 11 is 11.9. The van der Waals surface area contributed by atoms with E-state index < -0.39 is 0 Å². The third-order valence-electron chi connectivity index (χ3n) is 4.44. The van der Waals surface area contributed by atoms with E-state index in [4.69, 9.17) is 23.2 Å². The van der Waals surface area contributed by atoms with E-state index in [1.807, 2.05) is 12.1 Å². The molecule has 0 spiro atoms. The van der Waals surface area contributed by atoms with E-state index in [2.05, 4.69) is 10.1 Å². The molecule has 0 saturated carbocycles. The normalized spacial score (nSPS) is 11.1. The molecule has 140 valence electrons. The van der Waals surface area contributed by atoms with Crippen molar-refractivity contribution in [3.63, 3.8) is 0 Å². The van der Waals surface area contributed by atoms with Crippen LogP contribution in [0.2, 0.25) is 10.2 Å². The SMILES string of the molecule is Cn1nc(Cl)c2ncn(Cc3ccc(C(=O)c4ccc(Cl)cc4)cc3)c2c1=O. The number of imidazole rings is 1. The standard InChI is InChI=1S/C20H14Cl2N4O2/c1-25-20(28)17-16(19(22)24-25)23-11-26(17)10-12-2-4-13(5-3-12)18(27)14-6-8-15(21)9-7-14/h2-9,11H,10H2,1H3. The molecule has 0 radical (unpaired) electrons. The minimum atomic E-state index is -0.272. The van der Waals surface area contributed by atoms with Crippen LogP contribution in [0.1, 0.15) is 21.5 Å². The van der Waals surface area contributed by atoms with Gasteiger partial charge in [0.25, 0.3) is 5.56 Å². The van der Waals surface area contributed by atoms with Gasteiger partial charge in [0.05, 0.1) is 6.33 Å². The van der Waals surface area contributed by atoms with Gasteiger partial charge in [-0.05, 0) is 29.8 Å². The van der Waals surface area contributed by atoms with Crippen molar-refractivity contribution >= 4 is 40.0 Å². The number of carbonyl (C=O) groups is 1. The van der Waals surface area contributed by atoms with Gasteiger partial charge in [0.1, 0.15) is 11.0 Å². The molecule has 28 heavy (non-hydrogen) atoms. The van der Waals surface area contributed by atoms with Crippen LogP contribution in [0.4, 0.5) is 0 Å². The Hall–Kier alpha value is -2.96. The van der Waals surface area contributed by atoms with E-state index in [-0.39, 0.29) is 16.5 Å². The van der Waals surface area contributed by atoms with Gasteiger partial charge in [0.2, 0.25) is 0 Å². The molecule has 8 heteroatoms. The van der Waals surface area contributed by atoms with Crippen LogP contribution >= 0.6 is 23.2 Å². The van der Waals surface area contributed by atoms with Crippen molar-refractivity contribution in [2.45, 2.75) is 6.54 Å². The van der Waals surface area contributed by atoms with Crippen LogP contribution in [0.3, 0.4) is 0 Å². The lowest BCUT2D eigenvalue weighted by Crippen LogP contribution is -2.22. The molecule has 4 rings (SSSR count). The first kappa shape index (κ1) is 18.4. The van der Waals surface area contributed by atoms with Crippen molar-refractivity contribution in [1.29, 1.82) is 0 Å². The molecular formula is C20H14Cl2N4O2. The second kappa shape index (κ2) is 7.22. The Labute approximate surface area is 170 Å². The van der Waals surface area contributed by atoms with Gasteiger partial charge in [-0.15, -0.1) is 0 Å². The highest BCUT2D eigenvalue weighted by molar-refractivity contribution is 6.33. The predicted octanol–water partition coefficient (Wildman–Crippen LogP) is 3.72. The number of fused-ring (bicyclic) bond motifs is 1. The molecule has 2 aromatic carbocycles. The molecule has 0 fully saturated rings. The molecule has 0 N–H and O–H groups in total. The number of rotatable bonds is 4.